The molecule has 0 bridgehead atoms. The van der Waals surface area contributed by atoms with Crippen LogP contribution in [0.15, 0.2) is 63.8 Å². The number of likely N-dealkylation sites (N-methyl/N-ethyl adjacent to an activating group) is 1. The zero-order valence-electron chi connectivity index (χ0n) is 20.1. The topological polar surface area (TPSA) is 93.3 Å². The summed E-state index contributed by atoms with van der Waals surface area (Å²) in [6, 6.07) is 9.14. The first kappa shape index (κ1) is 24.2. The van der Waals surface area contributed by atoms with Crippen molar-refractivity contribution in [3.05, 3.63) is 82.2 Å². The standard InChI is InChI=1S/C26H25N5O3S2/c1-16-21(10-9-18-12-28-30(2)14-18)36-26-22(16)35-15-20(25(33)31(26)3)29-23(32)24-27-13-19(34-24)11-17-7-5-4-6-8-17/h4-8,12-14,20,22,36H,11,15H2,1-3H3,(H,29,32)/t20-,22?/m0/s1. The van der Waals surface area contributed by atoms with Crippen molar-refractivity contribution in [2.24, 2.45) is 7.05 Å². The lowest BCUT2D eigenvalue weighted by Gasteiger charge is -2.22. The van der Waals surface area contributed by atoms with E-state index in [-0.39, 0.29) is 17.0 Å². The average Bonchev–Trinajstić information content (AvgIpc) is 3.57. The van der Waals surface area contributed by atoms with Crippen molar-refractivity contribution >= 4 is 39.9 Å². The molecule has 0 spiro atoms. The number of amides is 2. The first-order valence-electron chi connectivity index (χ1n) is 11.4. The number of hydrogen-bond acceptors (Lipinski definition) is 6. The molecule has 1 aromatic carbocycles. The molecule has 5 rings (SSSR count). The SMILES string of the molecule is CC1=C(C#Cc2cnn(C)c2)[SH]=C2C1SC[C@H](NC(=O)c1ncc(Cc3ccccc3)o1)C(=O)N2C. The molecule has 2 aromatic heterocycles. The fraction of sp³-hybridized carbons (Fsp3) is 0.269. The molecule has 2 atom stereocenters. The third kappa shape index (κ3) is 5.03. The van der Waals surface area contributed by atoms with Crippen LogP contribution in [0.5, 0.6) is 0 Å². The number of allylic oxidation sites excluding steroid dienone is 1. The summed E-state index contributed by atoms with van der Waals surface area (Å²) in [5.74, 6) is 6.76. The number of aryl methyl sites for hydroxylation is 1. The summed E-state index contributed by atoms with van der Waals surface area (Å²) in [4.78, 5) is 33.8. The minimum absolute atomic E-state index is 0.0411. The highest BCUT2D eigenvalue weighted by atomic mass is 32.2. The van der Waals surface area contributed by atoms with Crippen LogP contribution in [0.3, 0.4) is 0 Å². The van der Waals surface area contributed by atoms with Gasteiger partial charge in [-0.05, 0) is 18.1 Å². The van der Waals surface area contributed by atoms with Gasteiger partial charge in [-0.15, -0.1) is 23.1 Å². The van der Waals surface area contributed by atoms with E-state index in [4.69, 9.17) is 4.42 Å². The minimum Gasteiger partial charge on any atom is -0.437 e. The Morgan fingerprint density at radius 3 is 2.81 bits per heavy atom. The highest BCUT2D eigenvalue weighted by molar-refractivity contribution is 8.07. The number of rotatable bonds is 4. The van der Waals surface area contributed by atoms with Crippen molar-refractivity contribution < 1.29 is 14.0 Å². The lowest BCUT2D eigenvalue weighted by atomic mass is 10.1. The normalized spacial score (nSPS) is 19.6. The quantitative estimate of drug-likeness (QED) is 0.313. The maximum absolute atomic E-state index is 13.3. The molecule has 1 fully saturated rings. The van der Waals surface area contributed by atoms with E-state index in [1.807, 2.05) is 43.6 Å². The summed E-state index contributed by atoms with van der Waals surface area (Å²) in [6.07, 6.45) is 5.70. The zero-order valence-corrected chi connectivity index (χ0v) is 21.8. The summed E-state index contributed by atoms with van der Waals surface area (Å²) in [5.41, 5.74) is 3.05. The van der Waals surface area contributed by atoms with Crippen molar-refractivity contribution in [3.63, 3.8) is 0 Å². The number of thiol groups is 1. The Bertz CT molecular complexity index is 1440. The van der Waals surface area contributed by atoms with E-state index in [0.29, 0.717) is 17.9 Å². The van der Waals surface area contributed by atoms with Gasteiger partial charge in [0, 0.05) is 32.5 Å². The second kappa shape index (κ2) is 10.2. The lowest BCUT2D eigenvalue weighted by Crippen LogP contribution is -2.49. The second-order valence-corrected chi connectivity index (χ2v) is 10.9. The first-order valence-corrected chi connectivity index (χ1v) is 13.3. The van der Waals surface area contributed by atoms with Gasteiger partial charge in [-0.25, -0.2) is 4.98 Å². The molecule has 3 aromatic rings. The highest BCUT2D eigenvalue weighted by Gasteiger charge is 2.38. The lowest BCUT2D eigenvalue weighted by molar-refractivity contribution is -0.127. The van der Waals surface area contributed by atoms with E-state index >= 15 is 0 Å². The Morgan fingerprint density at radius 1 is 1.25 bits per heavy atom. The summed E-state index contributed by atoms with van der Waals surface area (Å²) in [7, 11) is 3.62. The molecule has 0 saturated carbocycles. The number of nitrogens with one attached hydrogen (secondary N) is 1. The van der Waals surface area contributed by atoms with Gasteiger partial charge in [0.05, 0.1) is 33.1 Å². The third-order valence-electron chi connectivity index (χ3n) is 5.93. The molecule has 1 N–H and O–H groups in total. The summed E-state index contributed by atoms with van der Waals surface area (Å²) < 4.78 is 7.38. The Balaban J connectivity index is 1.26. The molecule has 4 heterocycles. The maximum atomic E-state index is 13.3. The number of fused-ring (bicyclic) bond motifs is 1. The van der Waals surface area contributed by atoms with Crippen molar-refractivity contribution in [1.82, 2.24) is 25.0 Å². The average molecular weight is 520 g/mol. The van der Waals surface area contributed by atoms with Gasteiger partial charge >= 0.3 is 5.91 Å². The Kier molecular flexibility index (Phi) is 6.85. The van der Waals surface area contributed by atoms with Gasteiger partial charge in [0.15, 0.2) is 0 Å². The maximum Gasteiger partial charge on any atom is 0.307 e. The van der Waals surface area contributed by atoms with Crippen LogP contribution < -0.4 is 5.32 Å². The molecule has 0 radical (unpaired) electrons. The van der Waals surface area contributed by atoms with Crippen LogP contribution in [0.4, 0.5) is 0 Å². The molecular weight excluding hydrogens is 494 g/mol. The van der Waals surface area contributed by atoms with Gasteiger partial charge in [0.1, 0.15) is 11.8 Å². The fourth-order valence-corrected chi connectivity index (χ4v) is 6.96. The van der Waals surface area contributed by atoms with E-state index < -0.39 is 11.9 Å². The smallest absolute Gasteiger partial charge is 0.307 e. The number of oxazole rings is 1. The largest absolute Gasteiger partial charge is 0.437 e. The Labute approximate surface area is 217 Å². The molecule has 36 heavy (non-hydrogen) atoms. The van der Waals surface area contributed by atoms with E-state index in [1.165, 1.54) is 0 Å². The van der Waals surface area contributed by atoms with Crippen LogP contribution in [0.1, 0.15) is 34.5 Å². The number of thioether (sulfide) groups is 1. The van der Waals surface area contributed by atoms with Crippen LogP contribution in [0, 0.1) is 11.8 Å². The van der Waals surface area contributed by atoms with Gasteiger partial charge in [-0.1, -0.05) is 42.2 Å². The van der Waals surface area contributed by atoms with E-state index in [0.717, 1.165) is 37.9 Å². The van der Waals surface area contributed by atoms with Crippen LogP contribution in [-0.4, -0.2) is 60.6 Å². The zero-order chi connectivity index (χ0) is 25.2. The number of hydrogen-bond donors (Lipinski definition) is 2. The minimum atomic E-state index is -0.678. The molecule has 2 aliphatic heterocycles. The molecule has 10 heteroatoms. The van der Waals surface area contributed by atoms with E-state index in [1.54, 1.807) is 40.8 Å². The van der Waals surface area contributed by atoms with Crippen molar-refractivity contribution in [1.29, 1.82) is 0 Å². The molecule has 2 aliphatic rings. The number of nitrogens with zero attached hydrogens (tertiary/aromatic N) is 4. The molecule has 2 amide bonds. The number of carbonyl (C=O) groups is 2. The summed E-state index contributed by atoms with van der Waals surface area (Å²) in [5, 5.41) is 7.01. The second-order valence-electron chi connectivity index (χ2n) is 8.59. The Hall–Kier alpha value is -3.55. The van der Waals surface area contributed by atoms with Gasteiger partial charge in [-0.3, -0.25) is 14.3 Å². The molecular formula is C26H25N5O3S2. The predicted molar refractivity (Wildman–Crippen MR) is 143 cm³/mol. The van der Waals surface area contributed by atoms with Crippen molar-refractivity contribution in [2.45, 2.75) is 24.6 Å². The molecule has 0 aliphatic carbocycles. The van der Waals surface area contributed by atoms with Gasteiger partial charge in [0.25, 0.3) is 5.89 Å². The number of carbonyl (C=O) groups excluding carboxylic acids is 2. The molecule has 1 saturated heterocycles. The van der Waals surface area contributed by atoms with Crippen LogP contribution in [0.25, 0.3) is 0 Å². The monoisotopic (exact) mass is 519 g/mol. The highest BCUT2D eigenvalue weighted by Crippen LogP contribution is 2.37. The first-order chi connectivity index (χ1) is 17.4. The third-order valence-corrected chi connectivity index (χ3v) is 9.02. The van der Waals surface area contributed by atoms with Crippen LogP contribution >= 0.6 is 23.1 Å². The van der Waals surface area contributed by atoms with Crippen molar-refractivity contribution in [2.75, 3.05) is 12.8 Å². The van der Waals surface area contributed by atoms with Crippen LogP contribution in [0.2, 0.25) is 0 Å². The fourth-order valence-electron chi connectivity index (χ4n) is 4.00. The van der Waals surface area contributed by atoms with E-state index in [9.17, 15) is 9.59 Å². The van der Waals surface area contributed by atoms with E-state index in [2.05, 4.69) is 34.2 Å². The predicted octanol–water partition coefficient (Wildman–Crippen LogP) is 2.61. The van der Waals surface area contributed by atoms with Gasteiger partial charge < -0.3 is 14.6 Å². The molecule has 184 valence electrons. The summed E-state index contributed by atoms with van der Waals surface area (Å²) >= 11 is 2.55. The summed E-state index contributed by atoms with van der Waals surface area (Å²) in [6.45, 7) is 2.06. The number of benzene rings is 1. The Morgan fingerprint density at radius 2 is 2.06 bits per heavy atom. The number of aromatic nitrogens is 3. The van der Waals surface area contributed by atoms with Crippen molar-refractivity contribution in [3.8, 4) is 11.8 Å². The van der Waals surface area contributed by atoms with Gasteiger partial charge in [-0.2, -0.15) is 5.10 Å². The van der Waals surface area contributed by atoms with Crippen LogP contribution in [-0.2, 0) is 18.3 Å². The molecule has 8 nitrogen and oxygen atoms in total. The van der Waals surface area contributed by atoms with Gasteiger partial charge in [0.2, 0.25) is 5.91 Å². The molecule has 1 unspecified atom stereocenters.